The number of nitrogens with one attached hydrogen (secondary N) is 1. The van der Waals surface area contributed by atoms with E-state index in [0.717, 1.165) is 44.9 Å². The molecule has 224 valence electrons. The van der Waals surface area contributed by atoms with Gasteiger partial charge in [0.15, 0.2) is 5.82 Å². The fourth-order valence-electron chi connectivity index (χ4n) is 5.92. The second-order valence-electron chi connectivity index (χ2n) is 14.6. The van der Waals surface area contributed by atoms with Gasteiger partial charge in [0.25, 0.3) is 0 Å². The van der Waals surface area contributed by atoms with Crippen molar-refractivity contribution < 1.29 is 23.6 Å². The number of benzene rings is 1. The number of alkyl carbamates (subject to hydrolysis) is 1. The molecule has 0 aliphatic heterocycles. The molecule has 9 nitrogen and oxygen atoms in total. The van der Waals surface area contributed by atoms with Crippen molar-refractivity contribution in [3.63, 3.8) is 0 Å². The molecule has 1 heterocycles. The van der Waals surface area contributed by atoms with Crippen molar-refractivity contribution >= 4 is 12.2 Å². The molecule has 3 fully saturated rings. The van der Waals surface area contributed by atoms with Crippen molar-refractivity contribution in [3.8, 4) is 0 Å². The second-order valence-corrected chi connectivity index (χ2v) is 14.6. The molecule has 2 atom stereocenters. The number of amides is 2. The highest BCUT2D eigenvalue weighted by Gasteiger charge is 2.55. The molecular weight excluding hydrogens is 520 g/mol. The van der Waals surface area contributed by atoms with E-state index in [1.54, 1.807) is 0 Å². The molecule has 3 aliphatic rings. The van der Waals surface area contributed by atoms with Crippen LogP contribution in [0.2, 0.25) is 0 Å². The topological polar surface area (TPSA) is 107 Å². The number of ether oxygens (including phenoxy) is 2. The lowest BCUT2D eigenvalue weighted by molar-refractivity contribution is 0.0208. The molecule has 0 saturated heterocycles. The third-order valence-electron chi connectivity index (χ3n) is 8.57. The minimum absolute atomic E-state index is 0.0635. The Bertz CT molecular complexity index is 1230. The summed E-state index contributed by atoms with van der Waals surface area (Å²) in [4.78, 5) is 32.5. The van der Waals surface area contributed by atoms with Crippen LogP contribution in [0, 0.1) is 0 Å². The van der Waals surface area contributed by atoms with Gasteiger partial charge < -0.3 is 24.2 Å². The molecule has 2 aromatic rings. The monoisotopic (exact) mass is 566 g/mol. The molecule has 9 heteroatoms. The molecule has 41 heavy (non-hydrogen) atoms. The molecule has 2 amide bonds. The van der Waals surface area contributed by atoms with Crippen molar-refractivity contribution in [2.75, 3.05) is 6.54 Å². The zero-order valence-corrected chi connectivity index (χ0v) is 25.7. The summed E-state index contributed by atoms with van der Waals surface area (Å²) in [5, 5.41) is 7.47. The summed E-state index contributed by atoms with van der Waals surface area (Å²) in [5.41, 5.74) is -0.411. The predicted molar refractivity (Wildman–Crippen MR) is 155 cm³/mol. The van der Waals surface area contributed by atoms with E-state index in [1.807, 2.05) is 64.6 Å². The molecule has 3 saturated carbocycles. The molecule has 5 rings (SSSR count). The predicted octanol–water partition coefficient (Wildman–Crippen LogP) is 6.62. The number of hydrogen-bond acceptors (Lipinski definition) is 7. The van der Waals surface area contributed by atoms with Gasteiger partial charge in [0.2, 0.25) is 5.89 Å². The lowest BCUT2D eigenvalue weighted by Gasteiger charge is -2.35. The minimum Gasteiger partial charge on any atom is -0.444 e. The standard InChI is InChI=1S/C32H46N4O5/c1-29(2,3)39-27(37)33-22-13-15-31(7,16-14-22)26-34-25(35-41-26)32(17-18-32)20-36(28(38)40-30(4,5)6)24-19-23(24)21-11-9-8-10-12-21/h8-12,22-24H,13-20H2,1-7H3,(H,33,37)/t22?,23-,24+,31?/m0/s1. The first-order chi connectivity index (χ1) is 19.2. The van der Waals surface area contributed by atoms with Crippen LogP contribution in [-0.4, -0.2) is 57.1 Å². The van der Waals surface area contributed by atoms with Crippen molar-refractivity contribution in [1.29, 1.82) is 0 Å². The van der Waals surface area contributed by atoms with Gasteiger partial charge in [-0.3, -0.25) is 0 Å². The molecule has 0 spiro atoms. The average Bonchev–Trinajstić information content (AvgIpc) is 3.78. The fourth-order valence-corrected chi connectivity index (χ4v) is 5.92. The van der Waals surface area contributed by atoms with E-state index in [-0.39, 0.29) is 35.1 Å². The van der Waals surface area contributed by atoms with Crippen LogP contribution in [0.5, 0.6) is 0 Å². The lowest BCUT2D eigenvalue weighted by Crippen LogP contribution is -2.43. The Morgan fingerprint density at radius 3 is 2.22 bits per heavy atom. The maximum atomic E-state index is 13.4. The third kappa shape index (κ3) is 7.04. The Hall–Kier alpha value is -3.10. The second kappa shape index (κ2) is 10.6. The number of nitrogens with zero attached hydrogens (tertiary/aromatic N) is 3. The molecule has 3 aliphatic carbocycles. The maximum Gasteiger partial charge on any atom is 0.410 e. The SMILES string of the molecule is CC(C)(C)OC(=O)NC1CCC(C)(c2nc(C3(CN(C(=O)OC(C)(C)C)[C@@H]4C[C@H]4c4ccccc4)CC3)no2)CC1. The van der Waals surface area contributed by atoms with Crippen LogP contribution >= 0.6 is 0 Å². The zero-order valence-electron chi connectivity index (χ0n) is 25.7. The van der Waals surface area contributed by atoms with Gasteiger partial charge in [-0.15, -0.1) is 0 Å². The van der Waals surface area contributed by atoms with E-state index in [1.165, 1.54) is 5.56 Å². The summed E-state index contributed by atoms with van der Waals surface area (Å²) < 4.78 is 17.2. The number of carbonyl (C=O) groups is 2. The Labute approximate surface area is 243 Å². The molecule has 1 N–H and O–H groups in total. The first-order valence-electron chi connectivity index (χ1n) is 15.1. The highest BCUT2D eigenvalue weighted by atomic mass is 16.6. The molecule has 0 bridgehead atoms. The lowest BCUT2D eigenvalue weighted by atomic mass is 9.74. The van der Waals surface area contributed by atoms with Crippen LogP contribution in [0.4, 0.5) is 9.59 Å². The van der Waals surface area contributed by atoms with E-state index in [0.29, 0.717) is 24.2 Å². The van der Waals surface area contributed by atoms with Gasteiger partial charge in [-0.1, -0.05) is 42.4 Å². The van der Waals surface area contributed by atoms with Crippen molar-refractivity contribution in [1.82, 2.24) is 20.4 Å². The molecule has 0 radical (unpaired) electrons. The van der Waals surface area contributed by atoms with Crippen molar-refractivity contribution in [2.24, 2.45) is 0 Å². The first kappa shape index (κ1) is 29.4. The van der Waals surface area contributed by atoms with E-state index in [2.05, 4.69) is 29.5 Å². The van der Waals surface area contributed by atoms with Gasteiger partial charge >= 0.3 is 12.2 Å². The Morgan fingerprint density at radius 1 is 1.00 bits per heavy atom. The number of hydrogen-bond donors (Lipinski definition) is 1. The summed E-state index contributed by atoms with van der Waals surface area (Å²) in [6.45, 7) is 14.0. The number of carbonyl (C=O) groups excluding carboxylic acids is 2. The van der Waals surface area contributed by atoms with Crippen molar-refractivity contribution in [3.05, 3.63) is 47.6 Å². The van der Waals surface area contributed by atoms with Gasteiger partial charge in [-0.25, -0.2) is 9.59 Å². The van der Waals surface area contributed by atoms with Crippen LogP contribution in [0.1, 0.15) is 117 Å². The van der Waals surface area contributed by atoms with Crippen LogP contribution in [0.3, 0.4) is 0 Å². The largest absolute Gasteiger partial charge is 0.444 e. The van der Waals surface area contributed by atoms with Crippen LogP contribution in [-0.2, 0) is 20.3 Å². The summed E-state index contributed by atoms with van der Waals surface area (Å²) in [6, 6.07) is 10.5. The third-order valence-corrected chi connectivity index (χ3v) is 8.57. The minimum atomic E-state index is -0.575. The van der Waals surface area contributed by atoms with Crippen LogP contribution in [0.25, 0.3) is 0 Å². The summed E-state index contributed by atoms with van der Waals surface area (Å²) >= 11 is 0. The van der Waals surface area contributed by atoms with Gasteiger partial charge in [-0.05, 0) is 92.1 Å². The van der Waals surface area contributed by atoms with Gasteiger partial charge in [0.05, 0.1) is 5.41 Å². The summed E-state index contributed by atoms with van der Waals surface area (Å²) in [6.07, 6.45) is 5.37. The van der Waals surface area contributed by atoms with Gasteiger partial charge in [-0.2, -0.15) is 4.98 Å². The number of rotatable bonds is 7. The Morgan fingerprint density at radius 2 is 1.63 bits per heavy atom. The van der Waals surface area contributed by atoms with E-state index in [4.69, 9.17) is 19.0 Å². The maximum absolute atomic E-state index is 13.4. The van der Waals surface area contributed by atoms with E-state index in [9.17, 15) is 9.59 Å². The van der Waals surface area contributed by atoms with Crippen LogP contribution in [0.15, 0.2) is 34.9 Å². The molecule has 1 aromatic carbocycles. The normalized spacial score (nSPS) is 27.0. The summed E-state index contributed by atoms with van der Waals surface area (Å²) in [5.74, 6) is 1.64. The first-order valence-corrected chi connectivity index (χ1v) is 15.1. The Balaban J connectivity index is 1.25. The summed E-state index contributed by atoms with van der Waals surface area (Å²) in [7, 11) is 0. The van der Waals surface area contributed by atoms with Crippen LogP contribution < -0.4 is 5.32 Å². The number of aromatic nitrogens is 2. The quantitative estimate of drug-likeness (QED) is 0.401. The Kier molecular flexibility index (Phi) is 7.62. The molecular formula is C32H46N4O5. The van der Waals surface area contributed by atoms with Gasteiger partial charge in [0, 0.05) is 30.0 Å². The molecule has 0 unspecified atom stereocenters. The van der Waals surface area contributed by atoms with Crippen molar-refractivity contribution in [2.45, 2.75) is 133 Å². The van der Waals surface area contributed by atoms with E-state index < -0.39 is 11.2 Å². The zero-order chi connectivity index (χ0) is 29.6. The van der Waals surface area contributed by atoms with Gasteiger partial charge in [0.1, 0.15) is 11.2 Å². The molecule has 1 aromatic heterocycles. The van der Waals surface area contributed by atoms with E-state index >= 15 is 0 Å². The average molecular weight is 567 g/mol. The highest BCUT2D eigenvalue weighted by molar-refractivity contribution is 5.70. The fraction of sp³-hybridized carbons (Fsp3) is 0.688. The highest BCUT2D eigenvalue weighted by Crippen LogP contribution is 2.52. The smallest absolute Gasteiger partial charge is 0.410 e.